The van der Waals surface area contributed by atoms with Crippen molar-refractivity contribution in [2.24, 2.45) is 0 Å². The summed E-state index contributed by atoms with van der Waals surface area (Å²) in [4.78, 5) is 0.145. The Morgan fingerprint density at radius 2 is 1.41 bits per heavy atom. The van der Waals surface area contributed by atoms with Gasteiger partial charge in [-0.15, -0.1) is 0 Å². The van der Waals surface area contributed by atoms with Crippen LogP contribution in [-0.2, 0) is 15.6 Å². The van der Waals surface area contributed by atoms with Gasteiger partial charge < -0.3 is 0 Å². The fraction of sp³-hybridized carbons (Fsp3) is 0.235. The lowest BCUT2D eigenvalue weighted by Crippen LogP contribution is -2.42. The Morgan fingerprint density at radius 3 is 1.86 bits per heavy atom. The number of nitrogens with zero attached hydrogens (tertiary/aromatic N) is 1. The van der Waals surface area contributed by atoms with Gasteiger partial charge in [0.25, 0.3) is 0 Å². The van der Waals surface area contributed by atoms with Crippen LogP contribution in [0.3, 0.4) is 0 Å². The molecular weight excluding hydrogens is 296 g/mol. The van der Waals surface area contributed by atoms with E-state index in [0.717, 1.165) is 11.1 Å². The first-order chi connectivity index (χ1) is 10.3. The second kappa shape index (κ2) is 5.91. The van der Waals surface area contributed by atoms with E-state index < -0.39 is 15.6 Å². The summed E-state index contributed by atoms with van der Waals surface area (Å²) in [5.74, 6) is 0. The van der Waals surface area contributed by atoms with Crippen LogP contribution in [0.5, 0.6) is 0 Å². The molecule has 2 rings (SSSR count). The summed E-state index contributed by atoms with van der Waals surface area (Å²) in [6.07, 6.45) is 0. The van der Waals surface area contributed by atoms with Gasteiger partial charge in [-0.05, 0) is 38.5 Å². The standard InChI is InChI=1S/C17H18N2O2S/c1-13-4-8-15(9-5-13)17(3,12-18)19-22(20,21)16-10-6-14(2)7-11-16/h4-11,19H,1-3H3/t17-/m0/s1. The third-order valence-corrected chi connectivity index (χ3v) is 5.09. The molecule has 0 saturated heterocycles. The average molecular weight is 314 g/mol. The first kappa shape index (κ1) is 16.2. The molecule has 4 nitrogen and oxygen atoms in total. The van der Waals surface area contributed by atoms with Crippen LogP contribution in [-0.4, -0.2) is 8.42 Å². The summed E-state index contributed by atoms with van der Waals surface area (Å²) in [5.41, 5.74) is 1.31. The van der Waals surface area contributed by atoms with Crippen LogP contribution in [0.15, 0.2) is 53.4 Å². The van der Waals surface area contributed by atoms with Crippen molar-refractivity contribution < 1.29 is 8.42 Å². The van der Waals surface area contributed by atoms with E-state index in [4.69, 9.17) is 0 Å². The second-order valence-corrected chi connectivity index (χ2v) is 7.20. The predicted octanol–water partition coefficient (Wildman–Crippen LogP) is 3.02. The molecule has 0 radical (unpaired) electrons. The fourth-order valence-electron chi connectivity index (χ4n) is 2.08. The van der Waals surface area contributed by atoms with Crippen LogP contribution in [0.4, 0.5) is 0 Å². The summed E-state index contributed by atoms with van der Waals surface area (Å²) in [5, 5.41) is 9.49. The number of benzene rings is 2. The van der Waals surface area contributed by atoms with Crippen molar-refractivity contribution in [1.82, 2.24) is 4.72 Å². The normalized spacial score (nSPS) is 14.1. The van der Waals surface area contributed by atoms with Crippen molar-refractivity contribution in [2.45, 2.75) is 31.2 Å². The number of nitriles is 1. The maximum absolute atomic E-state index is 12.5. The molecule has 0 spiro atoms. The molecule has 0 heterocycles. The molecule has 2 aromatic carbocycles. The lowest BCUT2D eigenvalue weighted by molar-refractivity contribution is 0.524. The van der Waals surface area contributed by atoms with E-state index in [1.165, 1.54) is 12.1 Å². The maximum atomic E-state index is 12.5. The number of nitrogens with one attached hydrogen (secondary N) is 1. The average Bonchev–Trinajstić information content (AvgIpc) is 2.47. The molecule has 1 N–H and O–H groups in total. The summed E-state index contributed by atoms with van der Waals surface area (Å²) in [6.45, 7) is 5.38. The van der Waals surface area contributed by atoms with Gasteiger partial charge >= 0.3 is 0 Å². The van der Waals surface area contributed by atoms with Gasteiger partial charge in [-0.3, -0.25) is 0 Å². The van der Waals surface area contributed by atoms with Crippen molar-refractivity contribution in [1.29, 1.82) is 5.26 Å². The minimum Gasteiger partial charge on any atom is -0.207 e. The topological polar surface area (TPSA) is 70.0 Å². The van der Waals surface area contributed by atoms with E-state index in [2.05, 4.69) is 10.8 Å². The highest BCUT2D eigenvalue weighted by molar-refractivity contribution is 7.89. The highest BCUT2D eigenvalue weighted by Crippen LogP contribution is 2.23. The monoisotopic (exact) mass is 314 g/mol. The third-order valence-electron chi connectivity index (χ3n) is 3.52. The van der Waals surface area contributed by atoms with Gasteiger partial charge in [0.15, 0.2) is 0 Å². The van der Waals surface area contributed by atoms with Crippen molar-refractivity contribution in [3.63, 3.8) is 0 Å². The zero-order chi connectivity index (χ0) is 16.4. The molecule has 0 bridgehead atoms. The van der Waals surface area contributed by atoms with E-state index in [0.29, 0.717) is 5.56 Å². The molecule has 5 heteroatoms. The molecule has 0 unspecified atom stereocenters. The van der Waals surface area contributed by atoms with E-state index >= 15 is 0 Å². The van der Waals surface area contributed by atoms with E-state index in [1.54, 1.807) is 31.2 Å². The zero-order valence-electron chi connectivity index (χ0n) is 12.8. The Balaban J connectivity index is 2.39. The Bertz CT molecular complexity index is 803. The van der Waals surface area contributed by atoms with Crippen molar-refractivity contribution in [3.05, 3.63) is 65.2 Å². The first-order valence-electron chi connectivity index (χ1n) is 6.86. The molecular formula is C17H18N2O2S. The zero-order valence-corrected chi connectivity index (χ0v) is 13.6. The fourth-order valence-corrected chi connectivity index (χ4v) is 3.39. The molecule has 0 aliphatic heterocycles. The smallest absolute Gasteiger partial charge is 0.207 e. The highest BCUT2D eigenvalue weighted by Gasteiger charge is 2.32. The van der Waals surface area contributed by atoms with Crippen LogP contribution in [0.2, 0.25) is 0 Å². The number of aryl methyl sites for hydroxylation is 2. The number of sulfonamides is 1. The molecule has 0 saturated carbocycles. The first-order valence-corrected chi connectivity index (χ1v) is 8.34. The van der Waals surface area contributed by atoms with E-state index in [-0.39, 0.29) is 4.90 Å². The highest BCUT2D eigenvalue weighted by atomic mass is 32.2. The van der Waals surface area contributed by atoms with Gasteiger partial charge in [0, 0.05) is 0 Å². The second-order valence-electron chi connectivity index (χ2n) is 5.52. The van der Waals surface area contributed by atoms with Crippen LogP contribution in [0, 0.1) is 25.2 Å². The van der Waals surface area contributed by atoms with Crippen LogP contribution < -0.4 is 4.72 Å². The molecule has 1 atom stereocenters. The Hall–Kier alpha value is -2.16. The van der Waals surface area contributed by atoms with Crippen LogP contribution >= 0.6 is 0 Å². The quantitative estimate of drug-likeness (QED) is 0.943. The molecule has 2 aromatic rings. The van der Waals surface area contributed by atoms with Gasteiger partial charge in [0.05, 0.1) is 11.0 Å². The summed E-state index contributed by atoms with van der Waals surface area (Å²) in [7, 11) is -3.78. The van der Waals surface area contributed by atoms with Crippen LogP contribution in [0.1, 0.15) is 23.6 Å². The van der Waals surface area contributed by atoms with Crippen molar-refractivity contribution in [2.75, 3.05) is 0 Å². The predicted molar refractivity (Wildman–Crippen MR) is 85.6 cm³/mol. The number of hydrogen-bond donors (Lipinski definition) is 1. The molecule has 22 heavy (non-hydrogen) atoms. The molecule has 0 aliphatic carbocycles. The molecule has 0 fully saturated rings. The minimum atomic E-state index is -3.78. The van der Waals surface area contributed by atoms with Gasteiger partial charge in [-0.25, -0.2) is 8.42 Å². The molecule has 0 amide bonds. The molecule has 0 aliphatic rings. The maximum Gasteiger partial charge on any atom is 0.242 e. The molecule has 0 aromatic heterocycles. The van der Waals surface area contributed by atoms with Gasteiger partial charge in [-0.1, -0.05) is 47.5 Å². The minimum absolute atomic E-state index is 0.145. The summed E-state index contributed by atoms with van der Waals surface area (Å²) < 4.78 is 27.5. The van der Waals surface area contributed by atoms with E-state index in [1.807, 2.05) is 26.0 Å². The van der Waals surface area contributed by atoms with Crippen molar-refractivity contribution in [3.8, 4) is 6.07 Å². The Kier molecular flexibility index (Phi) is 4.36. The lowest BCUT2D eigenvalue weighted by atomic mass is 9.94. The summed E-state index contributed by atoms with van der Waals surface area (Å²) >= 11 is 0. The van der Waals surface area contributed by atoms with E-state index in [9.17, 15) is 13.7 Å². The van der Waals surface area contributed by atoms with Gasteiger partial charge in [-0.2, -0.15) is 9.98 Å². The lowest BCUT2D eigenvalue weighted by Gasteiger charge is -2.23. The van der Waals surface area contributed by atoms with Gasteiger partial charge in [0.1, 0.15) is 5.54 Å². The Morgan fingerprint density at radius 1 is 0.955 bits per heavy atom. The van der Waals surface area contributed by atoms with Gasteiger partial charge in [0.2, 0.25) is 10.0 Å². The third kappa shape index (κ3) is 3.35. The van der Waals surface area contributed by atoms with Crippen molar-refractivity contribution >= 4 is 10.0 Å². The molecule has 114 valence electrons. The SMILES string of the molecule is Cc1ccc([C@](C)(C#N)NS(=O)(=O)c2ccc(C)cc2)cc1. The Labute approximate surface area is 131 Å². The number of rotatable bonds is 4. The number of hydrogen-bond acceptors (Lipinski definition) is 3. The summed E-state index contributed by atoms with van der Waals surface area (Å²) in [6, 6.07) is 15.8. The largest absolute Gasteiger partial charge is 0.242 e. The van der Waals surface area contributed by atoms with Crippen LogP contribution in [0.25, 0.3) is 0 Å².